The lowest BCUT2D eigenvalue weighted by Crippen LogP contribution is -2.26. The van der Waals surface area contributed by atoms with E-state index in [0.29, 0.717) is 29.8 Å². The summed E-state index contributed by atoms with van der Waals surface area (Å²) in [6.07, 6.45) is -8.70. The number of benzene rings is 4. The zero-order valence-electron chi connectivity index (χ0n) is 20.8. The van der Waals surface area contributed by atoms with Gasteiger partial charge in [-0.3, -0.25) is 0 Å². The van der Waals surface area contributed by atoms with Gasteiger partial charge in [0.15, 0.2) is 11.6 Å². The van der Waals surface area contributed by atoms with Crippen molar-refractivity contribution in [3.8, 4) is 28.0 Å². The van der Waals surface area contributed by atoms with E-state index in [1.54, 1.807) is 24.3 Å². The van der Waals surface area contributed by atoms with Gasteiger partial charge in [-0.25, -0.2) is 22.0 Å². The number of ether oxygens (including phenoxy) is 1. The van der Waals surface area contributed by atoms with Gasteiger partial charge in [-0.1, -0.05) is 37.6 Å². The quantitative estimate of drug-likeness (QED) is 0.195. The van der Waals surface area contributed by atoms with E-state index in [2.05, 4.69) is 4.74 Å². The van der Waals surface area contributed by atoms with Crippen molar-refractivity contribution < 1.29 is 53.0 Å². The van der Waals surface area contributed by atoms with E-state index in [1.807, 2.05) is 6.92 Å². The Morgan fingerprint density at radius 2 is 1.10 bits per heavy atom. The van der Waals surface area contributed by atoms with Crippen molar-refractivity contribution in [2.45, 2.75) is 32.1 Å². The van der Waals surface area contributed by atoms with Gasteiger partial charge >= 0.3 is 12.3 Å². The van der Waals surface area contributed by atoms with Gasteiger partial charge in [0.2, 0.25) is 5.82 Å². The number of hydrogen-bond donors (Lipinski definition) is 0. The molecule has 0 unspecified atom stereocenters. The van der Waals surface area contributed by atoms with Gasteiger partial charge in [-0.2, -0.15) is 26.3 Å². The summed E-state index contributed by atoms with van der Waals surface area (Å²) in [7, 11) is 0. The van der Waals surface area contributed by atoms with E-state index in [4.69, 9.17) is 0 Å². The minimum atomic E-state index is -5.43. The largest absolute Gasteiger partial charge is 0.432 e. The molecule has 0 N–H and O–H groups in total. The van der Waals surface area contributed by atoms with Crippen LogP contribution in [-0.4, -0.2) is 0 Å². The topological polar surface area (TPSA) is 9.23 Å². The highest BCUT2D eigenvalue weighted by Gasteiger charge is 2.42. The molecule has 0 aromatic heterocycles. The van der Waals surface area contributed by atoms with Crippen LogP contribution < -0.4 is 4.74 Å². The third-order valence-electron chi connectivity index (χ3n) is 6.08. The Hall–Kier alpha value is -4.09. The highest BCUT2D eigenvalue weighted by Crippen LogP contribution is 2.41. The molecule has 0 aliphatic heterocycles. The lowest BCUT2D eigenvalue weighted by atomic mass is 10.00. The van der Waals surface area contributed by atoms with E-state index in [0.717, 1.165) is 18.4 Å². The molecule has 4 rings (SSSR count). The Balaban J connectivity index is 1.65. The zero-order valence-corrected chi connectivity index (χ0v) is 20.8. The number of aryl methyl sites for hydroxylation is 1. The molecule has 1 nitrogen and oxygen atoms in total. The summed E-state index contributed by atoms with van der Waals surface area (Å²) < 4.78 is 159. The molecule has 41 heavy (non-hydrogen) atoms. The van der Waals surface area contributed by atoms with E-state index in [1.165, 1.54) is 0 Å². The molecule has 0 spiro atoms. The van der Waals surface area contributed by atoms with E-state index in [9.17, 15) is 48.3 Å². The number of hydrogen-bond acceptors (Lipinski definition) is 1. The lowest BCUT2D eigenvalue weighted by Gasteiger charge is -2.21. The Kier molecular flexibility index (Phi) is 8.06. The Morgan fingerprint density at radius 3 is 1.61 bits per heavy atom. The average molecular weight is 590 g/mol. The third kappa shape index (κ3) is 6.01. The van der Waals surface area contributed by atoms with Crippen LogP contribution in [0.3, 0.4) is 0 Å². The second-order valence-corrected chi connectivity index (χ2v) is 8.93. The summed E-state index contributed by atoms with van der Waals surface area (Å²) in [6.45, 7) is 1.95. The predicted molar refractivity (Wildman–Crippen MR) is 127 cm³/mol. The van der Waals surface area contributed by atoms with E-state index >= 15 is 0 Å². The first-order chi connectivity index (χ1) is 19.1. The first kappa shape index (κ1) is 29.9. The van der Waals surface area contributed by atoms with Crippen LogP contribution in [0.2, 0.25) is 0 Å². The van der Waals surface area contributed by atoms with Gasteiger partial charge in [-0.15, -0.1) is 0 Å². The van der Waals surface area contributed by atoms with Gasteiger partial charge in [0, 0.05) is 5.56 Å². The van der Waals surface area contributed by atoms with Gasteiger partial charge in [0.1, 0.15) is 34.4 Å². The molecule has 12 heteroatoms. The molecule has 0 aliphatic carbocycles. The SMILES string of the molecule is CCCc1ccc(-c2cc(F)c(C(F)(F)Oc3ccc(-c4cc(F)c(C(F)(F)F)c(F)c4)c(F)c3F)c(F)c2)cc1. The van der Waals surface area contributed by atoms with Crippen molar-refractivity contribution in [3.05, 3.63) is 112 Å². The first-order valence-corrected chi connectivity index (χ1v) is 11.8. The molecular formula is C29H17F11O. The molecule has 0 bridgehead atoms. The van der Waals surface area contributed by atoms with Crippen LogP contribution in [0.1, 0.15) is 30.0 Å². The molecule has 0 heterocycles. The summed E-state index contributed by atoms with van der Waals surface area (Å²) in [6, 6.07) is 8.70. The van der Waals surface area contributed by atoms with Crippen molar-refractivity contribution in [3.63, 3.8) is 0 Å². The van der Waals surface area contributed by atoms with E-state index < -0.39 is 75.2 Å². The summed E-state index contributed by atoms with van der Waals surface area (Å²) in [5.41, 5.74) is -4.89. The van der Waals surface area contributed by atoms with Crippen molar-refractivity contribution in [1.82, 2.24) is 0 Å². The van der Waals surface area contributed by atoms with Gasteiger partial charge in [0.25, 0.3) is 0 Å². The van der Waals surface area contributed by atoms with Gasteiger partial charge in [-0.05, 0) is 65.1 Å². The summed E-state index contributed by atoms with van der Waals surface area (Å²) in [5, 5.41) is 0. The van der Waals surface area contributed by atoms with Crippen LogP contribution in [0.25, 0.3) is 22.3 Å². The molecule has 4 aromatic rings. The molecule has 0 saturated carbocycles. The minimum Gasteiger partial charge on any atom is -0.425 e. The van der Waals surface area contributed by atoms with Crippen molar-refractivity contribution in [2.24, 2.45) is 0 Å². The van der Waals surface area contributed by atoms with Crippen LogP contribution in [0.5, 0.6) is 5.75 Å². The Bertz CT molecular complexity index is 1550. The third-order valence-corrected chi connectivity index (χ3v) is 6.08. The normalized spacial score (nSPS) is 12.1. The van der Waals surface area contributed by atoms with Crippen molar-refractivity contribution >= 4 is 0 Å². The Morgan fingerprint density at radius 1 is 0.585 bits per heavy atom. The maximum atomic E-state index is 14.8. The molecular weight excluding hydrogens is 573 g/mol. The van der Waals surface area contributed by atoms with Crippen LogP contribution in [0.15, 0.2) is 60.7 Å². The molecule has 0 saturated heterocycles. The lowest BCUT2D eigenvalue weighted by molar-refractivity contribution is -0.191. The second-order valence-electron chi connectivity index (χ2n) is 8.93. The molecule has 216 valence electrons. The zero-order chi connectivity index (χ0) is 30.3. The van der Waals surface area contributed by atoms with Crippen molar-refractivity contribution in [2.75, 3.05) is 0 Å². The Labute approximate surface area is 225 Å². The summed E-state index contributed by atoms with van der Waals surface area (Å²) >= 11 is 0. The number of rotatable bonds is 7. The summed E-state index contributed by atoms with van der Waals surface area (Å²) in [5.74, 6) is -13.5. The molecule has 0 amide bonds. The first-order valence-electron chi connectivity index (χ1n) is 11.8. The highest BCUT2D eigenvalue weighted by molar-refractivity contribution is 5.67. The predicted octanol–water partition coefficient (Wildman–Crippen LogP) is 9.95. The van der Waals surface area contributed by atoms with Crippen LogP contribution >= 0.6 is 0 Å². The number of alkyl halides is 5. The summed E-state index contributed by atoms with van der Waals surface area (Å²) in [4.78, 5) is 0. The number of halogens is 11. The molecule has 0 radical (unpaired) electrons. The standard InChI is InChI=1S/C29H17F11O/c1-2-3-14-4-6-15(7-5-14)16-10-21(32)25(22(33)11-16)29(39,40)41-23-9-8-18(26(34)27(23)35)17-12-19(30)24(20(31)13-17)28(36,37)38/h4-13H,2-3H2,1H3. The van der Waals surface area contributed by atoms with Crippen LogP contribution in [-0.2, 0) is 18.7 Å². The monoisotopic (exact) mass is 590 g/mol. The minimum absolute atomic E-state index is 0.0720. The van der Waals surface area contributed by atoms with Gasteiger partial charge < -0.3 is 4.74 Å². The fourth-order valence-corrected chi connectivity index (χ4v) is 4.19. The van der Waals surface area contributed by atoms with Crippen LogP contribution in [0, 0.1) is 34.9 Å². The van der Waals surface area contributed by atoms with Gasteiger partial charge in [0.05, 0.1) is 0 Å². The maximum Gasteiger partial charge on any atom is 0.432 e. The highest BCUT2D eigenvalue weighted by atomic mass is 19.4. The fourth-order valence-electron chi connectivity index (χ4n) is 4.19. The van der Waals surface area contributed by atoms with E-state index in [-0.39, 0.29) is 17.7 Å². The second kappa shape index (κ2) is 11.1. The molecule has 0 aliphatic rings. The van der Waals surface area contributed by atoms with Crippen molar-refractivity contribution in [1.29, 1.82) is 0 Å². The molecule has 0 fully saturated rings. The fraction of sp³-hybridized carbons (Fsp3) is 0.172. The molecule has 4 aromatic carbocycles. The van der Waals surface area contributed by atoms with Crippen LogP contribution in [0.4, 0.5) is 48.3 Å². The average Bonchev–Trinajstić information content (AvgIpc) is 2.85. The molecule has 0 atom stereocenters. The maximum absolute atomic E-state index is 14.8. The smallest absolute Gasteiger partial charge is 0.425 e.